The van der Waals surface area contributed by atoms with Crippen molar-refractivity contribution in [1.82, 2.24) is 14.5 Å². The van der Waals surface area contributed by atoms with E-state index in [1.165, 1.54) is 0 Å². The van der Waals surface area contributed by atoms with Crippen molar-refractivity contribution in [3.63, 3.8) is 0 Å². The van der Waals surface area contributed by atoms with Crippen molar-refractivity contribution in [2.75, 3.05) is 0 Å². The second kappa shape index (κ2) is 15.5. The highest BCUT2D eigenvalue weighted by Crippen LogP contribution is 2.44. The van der Waals surface area contributed by atoms with E-state index >= 15 is 0 Å². The predicted octanol–water partition coefficient (Wildman–Crippen LogP) is 15.0. The zero-order chi connectivity index (χ0) is 51.9. The second-order valence-electron chi connectivity index (χ2n) is 17.3. The maximum atomic E-state index is 11.5. The van der Waals surface area contributed by atoms with Crippen molar-refractivity contribution in [1.29, 1.82) is 0 Å². The van der Waals surface area contributed by atoms with Crippen molar-refractivity contribution in [2.45, 2.75) is 59.2 Å². The standard InChI is InChI=1S/C57H51N3O/c1-37-32-41(53-45(39-20-12-9-13-21-39)23-16-25-48(53)57(5,6)7)28-29-50(37)60-51-26-17-24-46(54(51)59-55(60)47-22-14-15-27-52(47)61)42-33-43(35-44(34-42)56(2,3)4)49-36-40(30-31-58-49)38-18-10-8-11-19-38/h8-36,61H,1-7H3/i1D3,8D,10D,11D,18D,19D,30D,31D,36D. The number of nitrogens with zero attached hydrogens (tertiary/aromatic N) is 3. The first-order valence-electron chi connectivity index (χ1n) is 25.7. The number of hydrogen-bond acceptors (Lipinski definition) is 3. The Bertz CT molecular complexity index is 3620. The molecule has 0 atom stereocenters. The van der Waals surface area contributed by atoms with Crippen LogP contribution in [0.1, 0.15) is 73.3 Å². The molecule has 0 saturated heterocycles. The lowest BCUT2D eigenvalue weighted by molar-refractivity contribution is 0.477. The number of aryl methyl sites for hydroxylation is 1. The molecule has 300 valence electrons. The number of imidazole rings is 1. The zero-order valence-electron chi connectivity index (χ0n) is 45.9. The summed E-state index contributed by atoms with van der Waals surface area (Å²) in [7, 11) is 0. The highest BCUT2D eigenvalue weighted by Gasteiger charge is 2.25. The Kier molecular flexibility index (Phi) is 7.24. The van der Waals surface area contributed by atoms with Gasteiger partial charge in [-0.1, -0.05) is 157 Å². The maximum Gasteiger partial charge on any atom is 0.149 e. The van der Waals surface area contributed by atoms with Gasteiger partial charge in [-0.2, -0.15) is 0 Å². The first kappa shape index (κ1) is 28.4. The third kappa shape index (κ3) is 7.55. The first-order chi connectivity index (χ1) is 33.9. The normalized spacial score (nSPS) is 14.7. The predicted molar refractivity (Wildman–Crippen MR) is 255 cm³/mol. The summed E-state index contributed by atoms with van der Waals surface area (Å²) in [6, 6.07) is 35.5. The number of pyridine rings is 1. The van der Waals surface area contributed by atoms with Gasteiger partial charge in [-0.15, -0.1) is 0 Å². The Hall–Kier alpha value is -7.04. The van der Waals surface area contributed by atoms with Crippen LogP contribution in [0.3, 0.4) is 0 Å². The number of fused-ring (bicyclic) bond motifs is 1. The lowest BCUT2D eigenvalue weighted by Crippen LogP contribution is -2.13. The molecule has 0 aliphatic heterocycles. The SMILES string of the molecule is [2H]c1nc(-c2cc(-c3cccc4c3nc(-c3ccccc3O)n4-c3ccc(-c4c(-c5ccccc5)cccc4C(C)(C)C)cc3C([2H])([2H])[2H])cc(C(C)(C)C)c2)c([2H])c(-c2c([2H])c([2H])c([2H])c([2H])c2[2H])c1[2H]. The molecule has 0 fully saturated rings. The summed E-state index contributed by atoms with van der Waals surface area (Å²) in [6.07, 6.45) is -0.548. The van der Waals surface area contributed by atoms with E-state index in [1.807, 2.05) is 99.6 Å². The van der Waals surface area contributed by atoms with Crippen LogP contribution in [-0.2, 0) is 10.8 Å². The van der Waals surface area contributed by atoms with Crippen LogP contribution in [0.15, 0.2) is 176 Å². The minimum atomic E-state index is -2.63. The van der Waals surface area contributed by atoms with Gasteiger partial charge in [0.15, 0.2) is 0 Å². The first-order valence-corrected chi connectivity index (χ1v) is 20.2. The van der Waals surface area contributed by atoms with E-state index in [4.69, 9.17) is 18.7 Å². The van der Waals surface area contributed by atoms with Gasteiger partial charge in [0.1, 0.15) is 11.6 Å². The molecule has 61 heavy (non-hydrogen) atoms. The van der Waals surface area contributed by atoms with Gasteiger partial charge in [0.2, 0.25) is 0 Å². The fourth-order valence-corrected chi connectivity index (χ4v) is 7.96. The average molecular weight is 805 g/mol. The molecule has 4 nitrogen and oxygen atoms in total. The van der Waals surface area contributed by atoms with Crippen LogP contribution in [0.25, 0.3) is 83.9 Å². The van der Waals surface area contributed by atoms with Crippen molar-refractivity contribution in [3.05, 3.63) is 193 Å². The maximum absolute atomic E-state index is 11.5. The number of benzene rings is 7. The van der Waals surface area contributed by atoms with Gasteiger partial charge in [-0.25, -0.2) is 4.98 Å². The smallest absolute Gasteiger partial charge is 0.149 e. The summed E-state index contributed by atoms with van der Waals surface area (Å²) in [5.74, 6) is 0.212. The van der Waals surface area contributed by atoms with E-state index < -0.39 is 60.7 Å². The lowest BCUT2D eigenvalue weighted by Gasteiger charge is -2.26. The van der Waals surface area contributed by atoms with Crippen LogP contribution in [0.4, 0.5) is 0 Å². The molecule has 2 heterocycles. The molecule has 0 aliphatic carbocycles. The minimum Gasteiger partial charge on any atom is -0.507 e. The van der Waals surface area contributed by atoms with Crippen LogP contribution >= 0.6 is 0 Å². The van der Waals surface area contributed by atoms with E-state index in [1.54, 1.807) is 41.0 Å². The van der Waals surface area contributed by atoms with Gasteiger partial charge in [-0.05, 0) is 128 Å². The highest BCUT2D eigenvalue weighted by molar-refractivity contribution is 5.97. The molecule has 2 aromatic heterocycles. The van der Waals surface area contributed by atoms with Gasteiger partial charge in [0.05, 0.1) is 38.9 Å². The molecule has 0 bridgehead atoms. The summed E-state index contributed by atoms with van der Waals surface area (Å²) >= 11 is 0. The summed E-state index contributed by atoms with van der Waals surface area (Å²) in [5, 5.41) is 11.5. The fraction of sp³-hybridized carbons (Fsp3) is 0.158. The molecular weight excluding hydrogens is 743 g/mol. The number of aromatic nitrogens is 3. The molecule has 0 spiro atoms. The van der Waals surface area contributed by atoms with Crippen LogP contribution in [0.5, 0.6) is 5.75 Å². The van der Waals surface area contributed by atoms with Crippen molar-refractivity contribution in [2.24, 2.45) is 0 Å². The fourth-order valence-electron chi connectivity index (χ4n) is 7.96. The topological polar surface area (TPSA) is 50.9 Å². The quantitative estimate of drug-likeness (QED) is 0.175. The third-order valence-corrected chi connectivity index (χ3v) is 11.0. The number of phenolic OH excluding ortho intramolecular Hbond substituents is 1. The molecule has 9 aromatic rings. The Morgan fingerprint density at radius 3 is 2.07 bits per heavy atom. The third-order valence-electron chi connectivity index (χ3n) is 11.0. The zero-order valence-corrected chi connectivity index (χ0v) is 34.9. The average Bonchev–Trinajstić information content (AvgIpc) is 3.73. The number of para-hydroxylation sites is 2. The second-order valence-corrected chi connectivity index (χ2v) is 17.3. The van der Waals surface area contributed by atoms with Crippen LogP contribution in [0, 0.1) is 6.85 Å². The Morgan fingerprint density at radius 2 is 1.31 bits per heavy atom. The molecule has 0 unspecified atom stereocenters. The molecular formula is C57H51N3O. The molecule has 9 rings (SSSR count). The molecule has 7 aromatic carbocycles. The van der Waals surface area contributed by atoms with E-state index in [-0.39, 0.29) is 39.4 Å². The summed E-state index contributed by atoms with van der Waals surface area (Å²) < 4.78 is 98.3. The van der Waals surface area contributed by atoms with Crippen LogP contribution < -0.4 is 0 Å². The molecule has 4 heteroatoms. The van der Waals surface area contributed by atoms with Gasteiger partial charge in [-0.3, -0.25) is 9.55 Å². The molecule has 0 radical (unpaired) electrons. The molecule has 0 aliphatic rings. The molecule has 1 N–H and O–H groups in total. The van der Waals surface area contributed by atoms with Crippen molar-refractivity contribution < 1.29 is 20.2 Å². The Balaban J connectivity index is 1.32. The summed E-state index contributed by atoms with van der Waals surface area (Å²) in [5.41, 5.74) is 7.23. The van der Waals surface area contributed by atoms with E-state index in [0.717, 1.165) is 33.4 Å². The lowest BCUT2D eigenvalue weighted by atomic mass is 9.78. The van der Waals surface area contributed by atoms with E-state index in [9.17, 15) is 6.48 Å². The molecule has 0 amide bonds. The monoisotopic (exact) mass is 804 g/mol. The van der Waals surface area contributed by atoms with E-state index in [0.29, 0.717) is 39.0 Å². The summed E-state index contributed by atoms with van der Waals surface area (Å²) in [6.45, 7) is 9.82. The van der Waals surface area contributed by atoms with Crippen molar-refractivity contribution >= 4 is 11.0 Å². The largest absolute Gasteiger partial charge is 0.507 e. The van der Waals surface area contributed by atoms with Crippen LogP contribution in [-0.4, -0.2) is 19.6 Å². The Labute approximate surface area is 375 Å². The van der Waals surface area contributed by atoms with Gasteiger partial charge >= 0.3 is 0 Å². The number of rotatable bonds is 7. The number of hydrogen-bond donors (Lipinski definition) is 1. The van der Waals surface area contributed by atoms with Crippen LogP contribution in [0.2, 0.25) is 0 Å². The van der Waals surface area contributed by atoms with Gasteiger partial charge < -0.3 is 5.11 Å². The van der Waals surface area contributed by atoms with Crippen molar-refractivity contribution in [3.8, 4) is 78.6 Å². The Morgan fingerprint density at radius 1 is 0.590 bits per heavy atom. The minimum absolute atomic E-state index is 0.0383. The number of phenols is 1. The highest BCUT2D eigenvalue weighted by atomic mass is 16.3. The number of aromatic hydroxyl groups is 1. The van der Waals surface area contributed by atoms with Gasteiger partial charge in [0.25, 0.3) is 0 Å². The summed E-state index contributed by atoms with van der Waals surface area (Å²) in [4.78, 5) is 9.67. The van der Waals surface area contributed by atoms with Gasteiger partial charge in [0, 0.05) is 21.4 Å². The van der Waals surface area contributed by atoms with E-state index in [2.05, 4.69) is 37.9 Å². The molecule has 0 saturated carbocycles.